The molecule has 0 aliphatic carbocycles. The zero-order chi connectivity index (χ0) is 23.8. The summed E-state index contributed by atoms with van der Waals surface area (Å²) in [5, 5.41) is 6.12. The molecule has 9 heteroatoms. The fourth-order valence-corrected chi connectivity index (χ4v) is 4.10. The summed E-state index contributed by atoms with van der Waals surface area (Å²) in [4.78, 5) is 41.1. The maximum atomic E-state index is 12.6. The van der Waals surface area contributed by atoms with Gasteiger partial charge in [-0.25, -0.2) is 4.79 Å². The van der Waals surface area contributed by atoms with Gasteiger partial charge in [-0.1, -0.05) is 35.9 Å². The van der Waals surface area contributed by atoms with E-state index >= 15 is 0 Å². The molecule has 0 spiro atoms. The van der Waals surface area contributed by atoms with E-state index in [-0.39, 0.29) is 24.3 Å². The Bertz CT molecular complexity index is 992. The van der Waals surface area contributed by atoms with E-state index in [0.29, 0.717) is 54.6 Å². The number of piperazine rings is 1. The average Bonchev–Trinajstić information content (AvgIpc) is 2.81. The smallest absolute Gasteiger partial charge is 0.327 e. The first-order chi connectivity index (χ1) is 15.9. The van der Waals surface area contributed by atoms with Gasteiger partial charge in [0.15, 0.2) is 0 Å². The maximum Gasteiger partial charge on any atom is 0.327 e. The second-order valence-corrected chi connectivity index (χ2v) is 8.15. The number of amides is 2. The van der Waals surface area contributed by atoms with E-state index in [1.54, 1.807) is 30.3 Å². The predicted molar refractivity (Wildman–Crippen MR) is 127 cm³/mol. The van der Waals surface area contributed by atoms with E-state index in [9.17, 15) is 14.4 Å². The van der Waals surface area contributed by atoms with Gasteiger partial charge in [-0.05, 0) is 36.8 Å². The summed E-state index contributed by atoms with van der Waals surface area (Å²) in [6, 6.07) is 13.5. The van der Waals surface area contributed by atoms with Crippen LogP contribution in [0.25, 0.3) is 0 Å². The molecule has 2 N–H and O–H groups in total. The van der Waals surface area contributed by atoms with E-state index in [1.165, 1.54) is 7.11 Å². The summed E-state index contributed by atoms with van der Waals surface area (Å²) >= 11 is 6.34. The summed E-state index contributed by atoms with van der Waals surface area (Å²) in [5.74, 6) is -0.697. The first-order valence-electron chi connectivity index (χ1n) is 10.9. The van der Waals surface area contributed by atoms with Crippen LogP contribution >= 0.6 is 11.6 Å². The molecule has 2 amide bonds. The molecular formula is C24H29ClN4O4. The third-order valence-electron chi connectivity index (χ3n) is 5.51. The molecule has 1 fully saturated rings. The van der Waals surface area contributed by atoms with Crippen molar-refractivity contribution in [2.45, 2.75) is 13.0 Å². The van der Waals surface area contributed by atoms with Gasteiger partial charge >= 0.3 is 5.97 Å². The van der Waals surface area contributed by atoms with E-state index < -0.39 is 6.04 Å². The van der Waals surface area contributed by atoms with Crippen molar-refractivity contribution in [1.29, 1.82) is 0 Å². The highest BCUT2D eigenvalue weighted by atomic mass is 35.5. The highest BCUT2D eigenvalue weighted by Crippen LogP contribution is 2.29. The van der Waals surface area contributed by atoms with E-state index in [1.807, 2.05) is 34.9 Å². The number of hydrogen-bond donors (Lipinski definition) is 2. The van der Waals surface area contributed by atoms with Crippen LogP contribution in [0, 0.1) is 0 Å². The number of halogens is 1. The molecule has 1 atom stereocenters. The number of rotatable bonds is 8. The quantitative estimate of drug-likeness (QED) is 0.574. The third kappa shape index (κ3) is 6.54. The molecule has 0 saturated carbocycles. The number of benzene rings is 2. The van der Waals surface area contributed by atoms with Crippen LogP contribution in [0.2, 0.25) is 5.02 Å². The van der Waals surface area contributed by atoms with Gasteiger partial charge in [0.2, 0.25) is 5.91 Å². The number of carbonyl (C=O) groups is 3. The Morgan fingerprint density at radius 3 is 2.45 bits per heavy atom. The monoisotopic (exact) mass is 472 g/mol. The molecule has 1 aliphatic heterocycles. The minimum atomic E-state index is -0.586. The van der Waals surface area contributed by atoms with Crippen LogP contribution in [-0.4, -0.2) is 74.0 Å². The number of anilines is 1. The number of carbonyl (C=O) groups excluding carboxylic acids is 3. The van der Waals surface area contributed by atoms with Crippen LogP contribution in [0.3, 0.4) is 0 Å². The number of hydrogen-bond acceptors (Lipinski definition) is 6. The molecule has 0 bridgehead atoms. The summed E-state index contributed by atoms with van der Waals surface area (Å²) in [7, 11) is 1.37. The molecule has 176 valence electrons. The molecule has 33 heavy (non-hydrogen) atoms. The predicted octanol–water partition coefficient (Wildman–Crippen LogP) is 2.56. The first kappa shape index (κ1) is 24.7. The minimum Gasteiger partial charge on any atom is -0.468 e. The highest BCUT2D eigenvalue weighted by Gasteiger charge is 2.32. The molecular weight excluding hydrogens is 444 g/mol. The van der Waals surface area contributed by atoms with Gasteiger partial charge in [0.25, 0.3) is 5.91 Å². The second kappa shape index (κ2) is 11.8. The highest BCUT2D eigenvalue weighted by molar-refractivity contribution is 6.31. The van der Waals surface area contributed by atoms with E-state index in [2.05, 4.69) is 10.6 Å². The van der Waals surface area contributed by atoms with Gasteiger partial charge < -0.3 is 15.4 Å². The largest absolute Gasteiger partial charge is 0.468 e. The SMILES string of the molecule is CCNC(=O)c1cccc(NC(=O)CN2CCN(C(C(=O)OC)c3ccccc3Cl)CC2)c1. The topological polar surface area (TPSA) is 91.0 Å². The standard InChI is InChI=1S/C24H29ClN4O4/c1-3-26-23(31)17-7-6-8-18(15-17)27-21(30)16-28-11-13-29(14-12-28)22(24(32)33-2)19-9-4-5-10-20(19)25/h4-10,15,22H,3,11-14,16H2,1-2H3,(H,26,31)(H,27,30). The van der Waals surface area contributed by atoms with Crippen molar-refractivity contribution in [3.63, 3.8) is 0 Å². The van der Waals surface area contributed by atoms with Crippen LogP contribution < -0.4 is 10.6 Å². The minimum absolute atomic E-state index is 0.160. The fraction of sp³-hybridized carbons (Fsp3) is 0.375. The Kier molecular flexibility index (Phi) is 8.82. The third-order valence-corrected chi connectivity index (χ3v) is 5.85. The molecule has 2 aromatic carbocycles. The van der Waals surface area contributed by atoms with Gasteiger partial charge in [-0.15, -0.1) is 0 Å². The van der Waals surface area contributed by atoms with Gasteiger partial charge in [0, 0.05) is 49.0 Å². The van der Waals surface area contributed by atoms with Gasteiger partial charge in [0.1, 0.15) is 6.04 Å². The molecule has 3 rings (SSSR count). The molecule has 0 radical (unpaired) electrons. The Labute approximate surface area is 198 Å². The van der Waals surface area contributed by atoms with Gasteiger partial charge in [-0.2, -0.15) is 0 Å². The lowest BCUT2D eigenvalue weighted by Crippen LogP contribution is -2.51. The Hall–Kier alpha value is -2.94. The fourth-order valence-electron chi connectivity index (χ4n) is 3.87. The van der Waals surface area contributed by atoms with Crippen LogP contribution in [0.1, 0.15) is 28.9 Å². The number of nitrogens with zero attached hydrogens (tertiary/aromatic N) is 2. The lowest BCUT2D eigenvalue weighted by atomic mass is 10.0. The normalized spacial score (nSPS) is 15.5. The molecule has 1 saturated heterocycles. The molecule has 8 nitrogen and oxygen atoms in total. The summed E-state index contributed by atoms with van der Waals surface area (Å²) < 4.78 is 5.03. The van der Waals surface area contributed by atoms with E-state index in [0.717, 1.165) is 0 Å². The second-order valence-electron chi connectivity index (χ2n) is 7.75. The van der Waals surface area contributed by atoms with Crippen LogP contribution in [0.5, 0.6) is 0 Å². The summed E-state index contributed by atoms with van der Waals surface area (Å²) in [6.07, 6.45) is 0. The number of ether oxygens (including phenoxy) is 1. The van der Waals surface area contributed by atoms with Crippen molar-refractivity contribution in [2.75, 3.05) is 51.7 Å². The molecule has 1 heterocycles. The van der Waals surface area contributed by atoms with Crippen molar-refractivity contribution in [1.82, 2.24) is 15.1 Å². The zero-order valence-electron chi connectivity index (χ0n) is 18.8. The van der Waals surface area contributed by atoms with E-state index in [4.69, 9.17) is 16.3 Å². The van der Waals surface area contributed by atoms with Crippen molar-refractivity contribution in [3.8, 4) is 0 Å². The lowest BCUT2D eigenvalue weighted by molar-refractivity contribution is -0.148. The first-order valence-corrected chi connectivity index (χ1v) is 11.3. The molecule has 1 aliphatic rings. The summed E-state index contributed by atoms with van der Waals surface area (Å²) in [6.45, 7) is 5.01. The van der Waals surface area contributed by atoms with Crippen LogP contribution in [0.15, 0.2) is 48.5 Å². The number of esters is 1. The van der Waals surface area contributed by atoms with Crippen molar-refractivity contribution >= 4 is 35.1 Å². The lowest BCUT2D eigenvalue weighted by Gasteiger charge is -2.38. The molecule has 0 aromatic heterocycles. The van der Waals surface area contributed by atoms with Crippen molar-refractivity contribution < 1.29 is 19.1 Å². The Balaban J connectivity index is 1.57. The van der Waals surface area contributed by atoms with Crippen molar-refractivity contribution in [2.24, 2.45) is 0 Å². The number of nitrogens with one attached hydrogen (secondary N) is 2. The van der Waals surface area contributed by atoms with Crippen LogP contribution in [0.4, 0.5) is 5.69 Å². The summed E-state index contributed by atoms with van der Waals surface area (Å²) in [5.41, 5.74) is 1.78. The Morgan fingerprint density at radius 1 is 1.06 bits per heavy atom. The average molecular weight is 473 g/mol. The van der Waals surface area contributed by atoms with Crippen LogP contribution in [-0.2, 0) is 14.3 Å². The maximum absolute atomic E-state index is 12.6. The molecule has 1 unspecified atom stereocenters. The zero-order valence-corrected chi connectivity index (χ0v) is 19.6. The Morgan fingerprint density at radius 2 is 1.79 bits per heavy atom. The molecule has 2 aromatic rings. The number of methoxy groups -OCH3 is 1. The van der Waals surface area contributed by atoms with Gasteiger partial charge in [0.05, 0.1) is 13.7 Å². The van der Waals surface area contributed by atoms with Gasteiger partial charge in [-0.3, -0.25) is 19.4 Å². The van der Waals surface area contributed by atoms with Crippen molar-refractivity contribution in [3.05, 3.63) is 64.7 Å².